The molecule has 11 heteroatoms. The summed E-state index contributed by atoms with van der Waals surface area (Å²) in [4.78, 5) is 25.0. The average Bonchev–Trinajstić information content (AvgIpc) is 3.29. The van der Waals surface area contributed by atoms with Crippen molar-refractivity contribution in [1.29, 1.82) is 0 Å². The summed E-state index contributed by atoms with van der Waals surface area (Å²) in [7, 11) is -4.08. The summed E-state index contributed by atoms with van der Waals surface area (Å²) in [6.45, 7) is 0.735. The zero-order valence-corrected chi connectivity index (χ0v) is 18.3. The van der Waals surface area contributed by atoms with Gasteiger partial charge >= 0.3 is 0 Å². The topological polar surface area (TPSA) is 131 Å². The molecular weight excluding hydrogens is 444 g/mol. The molecule has 0 aliphatic carbocycles. The first-order valence-corrected chi connectivity index (χ1v) is 12.0. The fraction of sp³-hybridized carbons (Fsp3) is 0.400. The first kappa shape index (κ1) is 23.2. The second-order valence-electron chi connectivity index (χ2n) is 6.98. The van der Waals surface area contributed by atoms with Crippen molar-refractivity contribution in [3.05, 3.63) is 46.7 Å². The number of benzene rings is 1. The highest BCUT2D eigenvalue weighted by Crippen LogP contribution is 2.35. The van der Waals surface area contributed by atoms with E-state index in [4.69, 9.17) is 14.7 Å². The van der Waals surface area contributed by atoms with Crippen molar-refractivity contribution in [3.63, 3.8) is 0 Å². The molecule has 0 unspecified atom stereocenters. The second-order valence-corrected chi connectivity index (χ2v) is 10.3. The van der Waals surface area contributed by atoms with Gasteiger partial charge in [0.15, 0.2) is 14.6 Å². The molecule has 1 aliphatic heterocycles. The Morgan fingerprint density at radius 1 is 1.16 bits per heavy atom. The van der Waals surface area contributed by atoms with Crippen LogP contribution in [0, 0.1) is 0 Å². The van der Waals surface area contributed by atoms with E-state index in [1.165, 1.54) is 41.1 Å². The van der Waals surface area contributed by atoms with E-state index in [1.807, 2.05) is 17.5 Å². The van der Waals surface area contributed by atoms with Crippen molar-refractivity contribution in [2.75, 3.05) is 26.4 Å². The molecule has 168 valence electrons. The van der Waals surface area contributed by atoms with Gasteiger partial charge in [-0.25, -0.2) is 13.9 Å². The quantitative estimate of drug-likeness (QED) is 0.287. The number of nitrogens with one attached hydrogen (secondary N) is 2. The molecule has 0 atom stereocenters. The van der Waals surface area contributed by atoms with Gasteiger partial charge < -0.3 is 14.8 Å². The van der Waals surface area contributed by atoms with Gasteiger partial charge in [-0.2, -0.15) is 0 Å². The summed E-state index contributed by atoms with van der Waals surface area (Å²) < 4.78 is 35.3. The lowest BCUT2D eigenvalue weighted by atomic mass is 9.98. The SMILES string of the molecule is O=C(Cc1cccs1)NCCOc1ccc(S(=O)(=O)C2(C(=O)NO)CCOCC2)cc1. The Hall–Kier alpha value is -2.47. The van der Waals surface area contributed by atoms with E-state index >= 15 is 0 Å². The standard InChI is InChI=1S/C20H24N2O7S2/c23-18(14-16-2-1-13-30-16)21-9-12-29-15-3-5-17(6-4-15)31(26,27)20(19(24)22-25)7-10-28-11-8-20/h1-6,13,25H,7-12,14H2,(H,21,23)(H,22,24). The number of hydrogen-bond acceptors (Lipinski definition) is 8. The molecule has 31 heavy (non-hydrogen) atoms. The Labute approximate surface area is 184 Å². The predicted octanol–water partition coefficient (Wildman–Crippen LogP) is 1.31. The van der Waals surface area contributed by atoms with Gasteiger partial charge in [-0.05, 0) is 48.6 Å². The zero-order chi connectivity index (χ0) is 22.3. The molecule has 1 aromatic carbocycles. The second kappa shape index (κ2) is 10.2. The Kier molecular flexibility index (Phi) is 7.65. The minimum absolute atomic E-state index is 0.0467. The van der Waals surface area contributed by atoms with E-state index in [1.54, 1.807) is 0 Å². The highest BCUT2D eigenvalue weighted by atomic mass is 32.2. The summed E-state index contributed by atoms with van der Waals surface area (Å²) in [5, 5.41) is 13.8. The van der Waals surface area contributed by atoms with Crippen LogP contribution in [0.3, 0.4) is 0 Å². The monoisotopic (exact) mass is 468 g/mol. The van der Waals surface area contributed by atoms with Crippen LogP contribution in [0.15, 0.2) is 46.7 Å². The number of thiophene rings is 1. The Morgan fingerprint density at radius 2 is 1.87 bits per heavy atom. The van der Waals surface area contributed by atoms with Crippen molar-refractivity contribution in [3.8, 4) is 5.75 Å². The van der Waals surface area contributed by atoms with Crippen LogP contribution in [-0.4, -0.2) is 56.6 Å². The summed E-state index contributed by atoms with van der Waals surface area (Å²) in [6.07, 6.45) is 0.217. The van der Waals surface area contributed by atoms with E-state index in [2.05, 4.69) is 5.32 Å². The summed E-state index contributed by atoms with van der Waals surface area (Å²) in [5.41, 5.74) is 1.49. The molecule has 1 fully saturated rings. The van der Waals surface area contributed by atoms with Crippen LogP contribution in [0.5, 0.6) is 5.75 Å². The van der Waals surface area contributed by atoms with Crippen LogP contribution in [0.1, 0.15) is 17.7 Å². The third-order valence-electron chi connectivity index (χ3n) is 5.07. The van der Waals surface area contributed by atoms with Gasteiger partial charge in [0.25, 0.3) is 5.91 Å². The highest BCUT2D eigenvalue weighted by Gasteiger charge is 2.52. The number of carbonyl (C=O) groups excluding carboxylic acids is 2. The summed E-state index contributed by atoms with van der Waals surface area (Å²) >= 11 is 1.52. The molecule has 2 amide bonds. The van der Waals surface area contributed by atoms with E-state index in [-0.39, 0.29) is 43.5 Å². The van der Waals surface area contributed by atoms with Crippen molar-refractivity contribution in [2.45, 2.75) is 28.9 Å². The zero-order valence-electron chi connectivity index (χ0n) is 16.7. The molecule has 0 bridgehead atoms. The van der Waals surface area contributed by atoms with Crippen molar-refractivity contribution in [1.82, 2.24) is 10.8 Å². The highest BCUT2D eigenvalue weighted by molar-refractivity contribution is 7.93. The van der Waals surface area contributed by atoms with Crippen LogP contribution in [-0.2, 0) is 30.6 Å². The molecular formula is C20H24N2O7S2. The maximum absolute atomic E-state index is 13.2. The van der Waals surface area contributed by atoms with Gasteiger partial charge in [0, 0.05) is 18.1 Å². The Morgan fingerprint density at radius 3 is 2.48 bits per heavy atom. The summed E-state index contributed by atoms with van der Waals surface area (Å²) in [5.74, 6) is -0.634. The van der Waals surface area contributed by atoms with Crippen LogP contribution >= 0.6 is 11.3 Å². The van der Waals surface area contributed by atoms with E-state index in [0.29, 0.717) is 18.7 Å². The van der Waals surface area contributed by atoms with Crippen LogP contribution < -0.4 is 15.5 Å². The molecule has 1 saturated heterocycles. The van der Waals surface area contributed by atoms with E-state index in [0.717, 1.165) is 4.88 Å². The molecule has 0 saturated carbocycles. The third kappa shape index (κ3) is 5.24. The van der Waals surface area contributed by atoms with Crippen LogP contribution in [0.4, 0.5) is 0 Å². The molecule has 1 aliphatic rings. The predicted molar refractivity (Wildman–Crippen MR) is 113 cm³/mol. The first-order valence-electron chi connectivity index (χ1n) is 9.68. The van der Waals surface area contributed by atoms with Crippen LogP contribution in [0.2, 0.25) is 0 Å². The molecule has 3 rings (SSSR count). The lowest BCUT2D eigenvalue weighted by Gasteiger charge is -2.34. The Bertz CT molecular complexity index is 983. The molecule has 2 aromatic rings. The van der Waals surface area contributed by atoms with E-state index < -0.39 is 20.5 Å². The van der Waals surface area contributed by atoms with Crippen molar-refractivity contribution >= 4 is 33.0 Å². The number of sulfone groups is 1. The largest absolute Gasteiger partial charge is 0.492 e. The average molecular weight is 469 g/mol. The first-order chi connectivity index (χ1) is 14.9. The molecule has 0 spiro atoms. The van der Waals surface area contributed by atoms with Crippen LogP contribution in [0.25, 0.3) is 0 Å². The number of rotatable bonds is 9. The molecule has 9 nitrogen and oxygen atoms in total. The molecule has 1 aromatic heterocycles. The van der Waals surface area contributed by atoms with Gasteiger partial charge in [-0.1, -0.05) is 6.07 Å². The maximum atomic E-state index is 13.2. The normalized spacial score (nSPS) is 15.8. The fourth-order valence-electron chi connectivity index (χ4n) is 3.35. The van der Waals surface area contributed by atoms with Gasteiger partial charge in [0.05, 0.1) is 17.9 Å². The van der Waals surface area contributed by atoms with Crippen molar-refractivity contribution < 1.29 is 32.7 Å². The minimum Gasteiger partial charge on any atom is -0.492 e. The van der Waals surface area contributed by atoms with Gasteiger partial charge in [0.2, 0.25) is 5.91 Å². The Balaban J connectivity index is 1.57. The molecule has 0 radical (unpaired) electrons. The number of ether oxygens (including phenoxy) is 2. The minimum atomic E-state index is -4.08. The van der Waals surface area contributed by atoms with Gasteiger partial charge in [0.1, 0.15) is 12.4 Å². The smallest absolute Gasteiger partial charge is 0.265 e. The maximum Gasteiger partial charge on any atom is 0.265 e. The van der Waals surface area contributed by atoms with E-state index in [9.17, 15) is 18.0 Å². The molecule has 3 N–H and O–H groups in total. The lowest BCUT2D eigenvalue weighted by Crippen LogP contribution is -2.54. The number of hydrogen-bond donors (Lipinski definition) is 3. The number of amides is 2. The van der Waals surface area contributed by atoms with Crippen molar-refractivity contribution in [2.24, 2.45) is 0 Å². The summed E-state index contributed by atoms with van der Waals surface area (Å²) in [6, 6.07) is 9.49. The van der Waals surface area contributed by atoms with Gasteiger partial charge in [-0.15, -0.1) is 11.3 Å². The third-order valence-corrected chi connectivity index (χ3v) is 8.46. The number of carbonyl (C=O) groups is 2. The van der Waals surface area contributed by atoms with Gasteiger partial charge in [-0.3, -0.25) is 14.8 Å². The lowest BCUT2D eigenvalue weighted by molar-refractivity contribution is -0.134. The fourth-order valence-corrected chi connectivity index (χ4v) is 6.00. The number of hydroxylamine groups is 1. The molecule has 2 heterocycles.